The Kier molecular flexibility index (Phi) is 4.37. The zero-order chi connectivity index (χ0) is 16.4. The lowest BCUT2D eigenvalue weighted by Crippen LogP contribution is -2.31. The van der Waals surface area contributed by atoms with Crippen LogP contribution in [0.1, 0.15) is 24.4 Å². The second kappa shape index (κ2) is 6.29. The van der Waals surface area contributed by atoms with Gasteiger partial charge in [-0.05, 0) is 42.7 Å². The molecule has 6 heteroatoms. The van der Waals surface area contributed by atoms with E-state index in [9.17, 15) is 12.8 Å². The number of rotatable bonds is 4. The van der Waals surface area contributed by atoms with Gasteiger partial charge in [-0.15, -0.1) is 0 Å². The number of benzene rings is 2. The van der Waals surface area contributed by atoms with Crippen LogP contribution in [0.25, 0.3) is 0 Å². The van der Waals surface area contributed by atoms with E-state index in [0.29, 0.717) is 6.54 Å². The molecule has 2 aromatic carbocycles. The van der Waals surface area contributed by atoms with Crippen LogP contribution in [0.15, 0.2) is 53.4 Å². The molecule has 1 aliphatic heterocycles. The van der Waals surface area contributed by atoms with Crippen molar-refractivity contribution < 1.29 is 17.5 Å². The summed E-state index contributed by atoms with van der Waals surface area (Å²) in [6, 6.07) is 12.6. The van der Waals surface area contributed by atoms with Crippen LogP contribution in [0.2, 0.25) is 0 Å². The van der Waals surface area contributed by atoms with Gasteiger partial charge in [0.15, 0.2) is 0 Å². The lowest BCUT2D eigenvalue weighted by atomic mass is 10.1. The molecular weight excluding hydrogens is 317 g/mol. The minimum absolute atomic E-state index is 0.264. The van der Waals surface area contributed by atoms with E-state index in [1.54, 1.807) is 7.11 Å². The summed E-state index contributed by atoms with van der Waals surface area (Å²) in [6.07, 6.45) is 1.48. The monoisotopic (exact) mass is 335 g/mol. The Morgan fingerprint density at radius 2 is 1.83 bits per heavy atom. The number of methoxy groups -OCH3 is 1. The van der Waals surface area contributed by atoms with E-state index in [-0.39, 0.29) is 10.9 Å². The Hall–Kier alpha value is -1.92. The van der Waals surface area contributed by atoms with Crippen molar-refractivity contribution in [3.05, 3.63) is 59.9 Å². The fourth-order valence-corrected chi connectivity index (χ4v) is 4.72. The fraction of sp³-hybridized carbons (Fsp3) is 0.294. The van der Waals surface area contributed by atoms with Gasteiger partial charge in [-0.1, -0.05) is 24.3 Å². The summed E-state index contributed by atoms with van der Waals surface area (Å²) in [5, 5.41) is 0. The van der Waals surface area contributed by atoms with Crippen LogP contribution < -0.4 is 4.74 Å². The molecule has 23 heavy (non-hydrogen) atoms. The Bertz CT molecular complexity index is 790. The first-order valence-electron chi connectivity index (χ1n) is 7.44. The molecule has 1 atom stereocenters. The second-order valence-electron chi connectivity index (χ2n) is 5.48. The summed E-state index contributed by atoms with van der Waals surface area (Å²) >= 11 is 0. The molecule has 0 amide bonds. The molecule has 1 aliphatic rings. The molecule has 4 nitrogen and oxygen atoms in total. The fourth-order valence-electron chi connectivity index (χ4n) is 2.97. The lowest BCUT2D eigenvalue weighted by molar-refractivity contribution is 0.392. The van der Waals surface area contributed by atoms with Gasteiger partial charge in [0.1, 0.15) is 16.5 Å². The van der Waals surface area contributed by atoms with Crippen LogP contribution in [0.4, 0.5) is 4.39 Å². The van der Waals surface area contributed by atoms with E-state index >= 15 is 0 Å². The third-order valence-corrected chi connectivity index (χ3v) is 6.07. The van der Waals surface area contributed by atoms with Crippen LogP contribution in [0.3, 0.4) is 0 Å². The maximum absolute atomic E-state index is 13.9. The molecule has 1 saturated heterocycles. The van der Waals surface area contributed by atoms with Crippen molar-refractivity contribution in [2.75, 3.05) is 13.7 Å². The summed E-state index contributed by atoms with van der Waals surface area (Å²) in [5.41, 5.74) is 0.892. The molecule has 0 aliphatic carbocycles. The maximum Gasteiger partial charge on any atom is 0.246 e. The first kappa shape index (κ1) is 16.0. The predicted octanol–water partition coefficient (Wildman–Crippen LogP) is 3.36. The minimum Gasteiger partial charge on any atom is -0.497 e. The van der Waals surface area contributed by atoms with E-state index in [4.69, 9.17) is 4.74 Å². The Labute approximate surface area is 135 Å². The number of nitrogens with zero attached hydrogens (tertiary/aromatic N) is 1. The number of hydrogen-bond donors (Lipinski definition) is 0. The number of ether oxygens (including phenoxy) is 1. The van der Waals surface area contributed by atoms with Crippen molar-refractivity contribution in [3.8, 4) is 5.75 Å². The lowest BCUT2D eigenvalue weighted by Gasteiger charge is -2.24. The van der Waals surface area contributed by atoms with Crippen LogP contribution in [0.5, 0.6) is 5.75 Å². The van der Waals surface area contributed by atoms with Gasteiger partial charge < -0.3 is 4.74 Å². The molecule has 0 radical (unpaired) electrons. The molecule has 1 heterocycles. The molecule has 1 fully saturated rings. The van der Waals surface area contributed by atoms with Gasteiger partial charge >= 0.3 is 0 Å². The molecule has 0 saturated carbocycles. The Morgan fingerprint density at radius 1 is 1.13 bits per heavy atom. The van der Waals surface area contributed by atoms with E-state index < -0.39 is 15.8 Å². The number of hydrogen-bond acceptors (Lipinski definition) is 3. The summed E-state index contributed by atoms with van der Waals surface area (Å²) in [4.78, 5) is -0.264. The molecule has 0 N–H and O–H groups in total. The molecule has 2 aromatic rings. The van der Waals surface area contributed by atoms with Gasteiger partial charge in [-0.2, -0.15) is 4.31 Å². The smallest absolute Gasteiger partial charge is 0.246 e. The quantitative estimate of drug-likeness (QED) is 0.861. The third-order valence-electron chi connectivity index (χ3n) is 4.13. The van der Waals surface area contributed by atoms with Gasteiger partial charge in [-0.3, -0.25) is 0 Å². The first-order valence-corrected chi connectivity index (χ1v) is 8.88. The van der Waals surface area contributed by atoms with Crippen LogP contribution in [-0.4, -0.2) is 26.4 Å². The minimum atomic E-state index is -3.86. The highest BCUT2D eigenvalue weighted by Gasteiger charge is 2.37. The Morgan fingerprint density at radius 3 is 2.48 bits per heavy atom. The number of halogens is 1. The highest BCUT2D eigenvalue weighted by Crippen LogP contribution is 2.37. The van der Waals surface area contributed by atoms with E-state index in [1.165, 1.54) is 28.6 Å². The predicted molar refractivity (Wildman–Crippen MR) is 85.3 cm³/mol. The average Bonchev–Trinajstić information content (AvgIpc) is 3.05. The molecule has 0 spiro atoms. The standard InChI is InChI=1S/C17H18FNO3S/c1-22-14-10-8-13(9-11-14)16-6-4-12-19(16)23(20,21)17-7-3-2-5-15(17)18/h2-3,5,7-11,16H,4,6,12H2,1H3. The highest BCUT2D eigenvalue weighted by molar-refractivity contribution is 7.89. The second-order valence-corrected chi connectivity index (χ2v) is 7.34. The van der Waals surface area contributed by atoms with Crippen molar-refractivity contribution in [2.24, 2.45) is 0 Å². The van der Waals surface area contributed by atoms with Crippen molar-refractivity contribution in [3.63, 3.8) is 0 Å². The van der Waals surface area contributed by atoms with Crippen LogP contribution in [0, 0.1) is 5.82 Å². The normalized spacial score (nSPS) is 19.0. The topological polar surface area (TPSA) is 46.6 Å². The molecule has 122 valence electrons. The van der Waals surface area contributed by atoms with E-state index in [1.807, 2.05) is 24.3 Å². The average molecular weight is 335 g/mol. The summed E-state index contributed by atoms with van der Waals surface area (Å²) in [5.74, 6) is 0.00291. The summed E-state index contributed by atoms with van der Waals surface area (Å²) < 4.78 is 46.1. The maximum atomic E-state index is 13.9. The molecule has 0 aromatic heterocycles. The first-order chi connectivity index (χ1) is 11.0. The van der Waals surface area contributed by atoms with Gasteiger partial charge in [0.05, 0.1) is 13.2 Å². The van der Waals surface area contributed by atoms with Crippen molar-refractivity contribution in [2.45, 2.75) is 23.8 Å². The van der Waals surface area contributed by atoms with Crippen LogP contribution in [-0.2, 0) is 10.0 Å². The third kappa shape index (κ3) is 2.96. The molecule has 0 bridgehead atoms. The Balaban J connectivity index is 1.96. The largest absolute Gasteiger partial charge is 0.497 e. The van der Waals surface area contributed by atoms with E-state index in [0.717, 1.165) is 24.2 Å². The highest BCUT2D eigenvalue weighted by atomic mass is 32.2. The zero-order valence-corrected chi connectivity index (χ0v) is 13.6. The van der Waals surface area contributed by atoms with Crippen molar-refractivity contribution >= 4 is 10.0 Å². The molecular formula is C17H18FNO3S. The van der Waals surface area contributed by atoms with E-state index in [2.05, 4.69) is 0 Å². The van der Waals surface area contributed by atoms with Gasteiger partial charge in [0.2, 0.25) is 10.0 Å². The SMILES string of the molecule is COc1ccc(C2CCCN2S(=O)(=O)c2ccccc2F)cc1. The van der Waals surface area contributed by atoms with Gasteiger partial charge in [0, 0.05) is 6.54 Å². The van der Waals surface area contributed by atoms with Crippen molar-refractivity contribution in [1.82, 2.24) is 4.31 Å². The summed E-state index contributed by atoms with van der Waals surface area (Å²) in [7, 11) is -2.27. The van der Waals surface area contributed by atoms with Crippen LogP contribution >= 0.6 is 0 Å². The molecule has 1 unspecified atom stereocenters. The molecule has 3 rings (SSSR count). The summed E-state index contributed by atoms with van der Waals surface area (Å²) in [6.45, 7) is 0.396. The van der Waals surface area contributed by atoms with Gasteiger partial charge in [-0.25, -0.2) is 12.8 Å². The zero-order valence-electron chi connectivity index (χ0n) is 12.8. The van der Waals surface area contributed by atoms with Crippen molar-refractivity contribution in [1.29, 1.82) is 0 Å². The number of sulfonamides is 1. The van der Waals surface area contributed by atoms with Gasteiger partial charge in [0.25, 0.3) is 0 Å².